The maximum absolute atomic E-state index is 9.60. The smallest absolute Gasteiger partial charge is 0.330 e. The van der Waals surface area contributed by atoms with Gasteiger partial charge < -0.3 is 15.3 Å². The maximum atomic E-state index is 9.60. The number of aliphatic hydroxyl groups is 2. The van der Waals surface area contributed by atoms with Gasteiger partial charge in [0.1, 0.15) is 0 Å². The van der Waals surface area contributed by atoms with Gasteiger partial charge in [0, 0.05) is 18.8 Å². The van der Waals surface area contributed by atoms with Crippen molar-refractivity contribution >= 4 is 5.97 Å². The first-order valence-electron chi connectivity index (χ1n) is 9.66. The van der Waals surface area contributed by atoms with Crippen molar-refractivity contribution in [2.45, 2.75) is 96.8 Å². The van der Waals surface area contributed by atoms with Crippen molar-refractivity contribution < 1.29 is 20.1 Å². The third-order valence-electron chi connectivity index (χ3n) is 3.93. The number of hydrogen-bond donors (Lipinski definition) is 3. The third-order valence-corrected chi connectivity index (χ3v) is 3.93. The number of aliphatic hydroxyl groups excluding tert-OH is 2. The molecule has 0 spiro atoms. The SMILES string of the molecule is C=C(C)C(=O)O.OCCCCCCCCCCCCCCCCO. The predicted octanol–water partition coefficient (Wildman–Crippen LogP) is 5.08. The van der Waals surface area contributed by atoms with Crippen molar-refractivity contribution in [3.8, 4) is 0 Å². The van der Waals surface area contributed by atoms with Crippen LogP contribution in [0.1, 0.15) is 96.8 Å². The lowest BCUT2D eigenvalue weighted by molar-refractivity contribution is -0.132. The van der Waals surface area contributed by atoms with E-state index in [-0.39, 0.29) is 5.57 Å². The molecule has 144 valence electrons. The normalized spacial score (nSPS) is 10.1. The summed E-state index contributed by atoms with van der Waals surface area (Å²) in [6.45, 7) is 5.32. The van der Waals surface area contributed by atoms with Crippen LogP contribution in [0.15, 0.2) is 12.2 Å². The van der Waals surface area contributed by atoms with Crippen LogP contribution in [0.25, 0.3) is 0 Å². The zero-order chi connectivity index (χ0) is 18.5. The van der Waals surface area contributed by atoms with E-state index in [0.29, 0.717) is 13.2 Å². The Balaban J connectivity index is 0. The molecule has 0 saturated carbocycles. The molecule has 0 unspecified atom stereocenters. The number of carboxylic acid groups (broad SMARTS) is 1. The van der Waals surface area contributed by atoms with Gasteiger partial charge in [-0.1, -0.05) is 83.6 Å². The second-order valence-electron chi connectivity index (χ2n) is 6.48. The van der Waals surface area contributed by atoms with Crippen molar-refractivity contribution in [1.29, 1.82) is 0 Å². The van der Waals surface area contributed by atoms with Crippen LogP contribution in [0.3, 0.4) is 0 Å². The molecule has 0 saturated heterocycles. The molecule has 0 bridgehead atoms. The fraction of sp³-hybridized carbons (Fsp3) is 0.850. The minimum absolute atomic E-state index is 0.176. The number of rotatable bonds is 16. The Labute approximate surface area is 149 Å². The quantitative estimate of drug-likeness (QED) is 0.269. The first kappa shape index (κ1) is 25.4. The highest BCUT2D eigenvalue weighted by molar-refractivity contribution is 5.84. The molecule has 0 aliphatic heterocycles. The van der Waals surface area contributed by atoms with Crippen molar-refractivity contribution in [3.63, 3.8) is 0 Å². The van der Waals surface area contributed by atoms with E-state index in [1.54, 1.807) is 0 Å². The molecule has 0 aliphatic rings. The van der Waals surface area contributed by atoms with Crippen LogP contribution >= 0.6 is 0 Å². The van der Waals surface area contributed by atoms with Gasteiger partial charge >= 0.3 is 5.97 Å². The summed E-state index contributed by atoms with van der Waals surface area (Å²) in [5, 5.41) is 25.2. The monoisotopic (exact) mass is 344 g/mol. The highest BCUT2D eigenvalue weighted by Crippen LogP contribution is 2.12. The summed E-state index contributed by atoms with van der Waals surface area (Å²) in [6.07, 6.45) is 18.0. The molecule has 0 aliphatic carbocycles. The minimum Gasteiger partial charge on any atom is -0.478 e. The van der Waals surface area contributed by atoms with Gasteiger partial charge in [-0.2, -0.15) is 0 Å². The lowest BCUT2D eigenvalue weighted by Gasteiger charge is -2.02. The van der Waals surface area contributed by atoms with Gasteiger partial charge in [0.25, 0.3) is 0 Å². The maximum Gasteiger partial charge on any atom is 0.330 e. The fourth-order valence-electron chi connectivity index (χ4n) is 2.34. The van der Waals surface area contributed by atoms with Gasteiger partial charge in [-0.05, 0) is 19.8 Å². The molecule has 0 aromatic heterocycles. The molecule has 0 amide bonds. The zero-order valence-electron chi connectivity index (χ0n) is 15.8. The molecule has 0 aromatic carbocycles. The highest BCUT2D eigenvalue weighted by Gasteiger charge is 1.94. The Morgan fingerprint density at radius 3 is 0.917 bits per heavy atom. The van der Waals surface area contributed by atoms with E-state index in [1.807, 2.05) is 0 Å². The summed E-state index contributed by atoms with van der Waals surface area (Å²) < 4.78 is 0. The van der Waals surface area contributed by atoms with Gasteiger partial charge in [0.15, 0.2) is 0 Å². The predicted molar refractivity (Wildman–Crippen MR) is 101 cm³/mol. The average molecular weight is 345 g/mol. The molecule has 4 nitrogen and oxygen atoms in total. The lowest BCUT2D eigenvalue weighted by atomic mass is 10.0. The van der Waals surface area contributed by atoms with Gasteiger partial charge in [-0.25, -0.2) is 4.79 Å². The van der Waals surface area contributed by atoms with E-state index in [2.05, 4.69) is 6.58 Å². The number of hydrogen-bond acceptors (Lipinski definition) is 3. The molecule has 24 heavy (non-hydrogen) atoms. The molecule has 3 N–H and O–H groups in total. The highest BCUT2D eigenvalue weighted by atomic mass is 16.4. The van der Waals surface area contributed by atoms with E-state index in [9.17, 15) is 4.79 Å². The first-order valence-corrected chi connectivity index (χ1v) is 9.66. The lowest BCUT2D eigenvalue weighted by Crippen LogP contribution is -1.92. The van der Waals surface area contributed by atoms with Gasteiger partial charge in [0.2, 0.25) is 0 Å². The molecule has 0 rings (SSSR count). The Morgan fingerprint density at radius 2 is 0.792 bits per heavy atom. The van der Waals surface area contributed by atoms with Gasteiger partial charge in [-0.3, -0.25) is 0 Å². The minimum atomic E-state index is -0.935. The second-order valence-corrected chi connectivity index (χ2v) is 6.48. The molecule has 0 heterocycles. The van der Waals surface area contributed by atoms with Crippen LogP contribution in [-0.2, 0) is 4.79 Å². The largest absolute Gasteiger partial charge is 0.478 e. The van der Waals surface area contributed by atoms with Gasteiger partial charge in [0.05, 0.1) is 0 Å². The summed E-state index contributed by atoms with van der Waals surface area (Å²) in [4.78, 5) is 9.60. The summed E-state index contributed by atoms with van der Waals surface area (Å²) in [6, 6.07) is 0. The van der Waals surface area contributed by atoms with E-state index in [1.165, 1.54) is 84.0 Å². The Kier molecular flexibility index (Phi) is 23.4. The number of carbonyl (C=O) groups is 1. The van der Waals surface area contributed by atoms with E-state index in [4.69, 9.17) is 15.3 Å². The third kappa shape index (κ3) is 26.0. The number of aliphatic carboxylic acids is 1. The first-order chi connectivity index (χ1) is 11.6. The second kappa shape index (κ2) is 22.1. The standard InChI is InChI=1S/C16H34O2.C4H6O2/c17-15-13-11-9-7-5-3-1-2-4-6-8-10-12-14-16-18;1-3(2)4(5)6/h17-18H,1-16H2;1H2,2H3,(H,5,6). The molecule has 0 radical (unpaired) electrons. The van der Waals surface area contributed by atoms with E-state index < -0.39 is 5.97 Å². The van der Waals surface area contributed by atoms with E-state index >= 15 is 0 Å². The summed E-state index contributed by atoms with van der Waals surface area (Å²) >= 11 is 0. The molecular weight excluding hydrogens is 304 g/mol. The summed E-state index contributed by atoms with van der Waals surface area (Å²) in [7, 11) is 0. The molecule has 0 aromatic rings. The number of carboxylic acids is 1. The van der Waals surface area contributed by atoms with Crippen molar-refractivity contribution in [2.75, 3.05) is 13.2 Å². The van der Waals surface area contributed by atoms with Crippen LogP contribution in [0.4, 0.5) is 0 Å². The molecule has 0 atom stereocenters. The van der Waals surface area contributed by atoms with Crippen LogP contribution in [0, 0.1) is 0 Å². The Morgan fingerprint density at radius 1 is 0.625 bits per heavy atom. The topological polar surface area (TPSA) is 77.8 Å². The fourth-order valence-corrected chi connectivity index (χ4v) is 2.34. The van der Waals surface area contributed by atoms with Crippen LogP contribution in [0.5, 0.6) is 0 Å². The van der Waals surface area contributed by atoms with Crippen LogP contribution < -0.4 is 0 Å². The summed E-state index contributed by atoms with van der Waals surface area (Å²) in [5.74, 6) is -0.935. The zero-order valence-corrected chi connectivity index (χ0v) is 15.8. The molecule has 0 fully saturated rings. The van der Waals surface area contributed by atoms with Crippen molar-refractivity contribution in [3.05, 3.63) is 12.2 Å². The molecule has 4 heteroatoms. The Bertz CT molecular complexity index is 249. The van der Waals surface area contributed by atoms with E-state index in [0.717, 1.165) is 12.8 Å². The van der Waals surface area contributed by atoms with Crippen molar-refractivity contribution in [1.82, 2.24) is 0 Å². The van der Waals surface area contributed by atoms with Crippen molar-refractivity contribution in [2.24, 2.45) is 0 Å². The Hall–Kier alpha value is -0.870. The molecular formula is C20H40O4. The van der Waals surface area contributed by atoms with Gasteiger partial charge in [-0.15, -0.1) is 0 Å². The van der Waals surface area contributed by atoms with Crippen LogP contribution in [-0.4, -0.2) is 34.5 Å². The average Bonchev–Trinajstić information content (AvgIpc) is 2.55. The number of unbranched alkanes of at least 4 members (excludes halogenated alkanes) is 13. The summed E-state index contributed by atoms with van der Waals surface area (Å²) in [5.41, 5.74) is 0.176. The van der Waals surface area contributed by atoms with Crippen LogP contribution in [0.2, 0.25) is 0 Å².